The van der Waals surface area contributed by atoms with E-state index in [4.69, 9.17) is 23.7 Å². The number of phenols is 6. The van der Waals surface area contributed by atoms with Crippen LogP contribution in [0.5, 0.6) is 34.5 Å². The Morgan fingerprint density at radius 1 is 0.758 bits per heavy atom. The number of phenolic OH excluding ortho intramolecular Hbond substituents is 6. The maximum Gasteiger partial charge on any atom is 0.370 e. The lowest BCUT2D eigenvalue weighted by Gasteiger charge is -2.40. The molecule has 1 aliphatic carbocycles. The predicted octanol–water partition coefficient (Wildman–Crippen LogP) is -0.809. The van der Waals surface area contributed by atoms with E-state index in [0.717, 1.165) is 54.6 Å². The summed E-state index contributed by atoms with van der Waals surface area (Å²) in [7, 11) is 0. The second-order valence-electron chi connectivity index (χ2n) is 15.2. The van der Waals surface area contributed by atoms with E-state index in [-0.39, 0.29) is 22.3 Å². The Morgan fingerprint density at radius 2 is 1.41 bits per heavy atom. The molecule has 3 aliphatic rings. The fourth-order valence-electron chi connectivity index (χ4n) is 7.58. The lowest BCUT2D eigenvalue weighted by atomic mass is 9.71. The van der Waals surface area contributed by atoms with Gasteiger partial charge in [0.15, 0.2) is 58.9 Å². The maximum absolute atomic E-state index is 15.0. The predicted molar refractivity (Wildman–Crippen MR) is 215 cm³/mol. The Balaban J connectivity index is 1.47. The number of rotatable bonds is 14. The number of hydrogen-bond donors (Lipinski definition) is 13. The van der Waals surface area contributed by atoms with Crippen LogP contribution in [0.4, 0.5) is 0 Å². The molecule has 352 valence electrons. The van der Waals surface area contributed by atoms with Gasteiger partial charge < -0.3 is 90.1 Å². The smallest absolute Gasteiger partial charge is 0.370 e. The molecule has 1 saturated heterocycles. The van der Waals surface area contributed by atoms with Crippen molar-refractivity contribution in [3.05, 3.63) is 94.3 Å². The SMILES string of the molecule is O=C(O)CC(O)[C@@H]1OC[C@H](O)[C@H](O)[C@H]1OC(=O)C1=Cc2cc(O)c(O)cc2[C@@H](c2ccc(O)c(O)c2)C1C(=O)O[C@@H]1C=C(C(=O)O)O[C@H](C(O)CO)[C@@H]1OC(=O)/C=C/c1ccc(O)c(O)c1. The molecule has 11 atom stereocenters. The summed E-state index contributed by atoms with van der Waals surface area (Å²) in [4.78, 5) is 66.5. The van der Waals surface area contributed by atoms with E-state index < -0.39 is 162 Å². The number of carboxylic acids is 2. The number of aliphatic carboxylic acids is 2. The molecule has 23 nitrogen and oxygen atoms in total. The van der Waals surface area contributed by atoms with E-state index in [2.05, 4.69) is 0 Å². The van der Waals surface area contributed by atoms with Crippen LogP contribution in [0.3, 0.4) is 0 Å². The van der Waals surface area contributed by atoms with Gasteiger partial charge in [-0.05, 0) is 70.8 Å². The average Bonchev–Trinajstić information content (AvgIpc) is 3.26. The van der Waals surface area contributed by atoms with Crippen molar-refractivity contribution in [3.8, 4) is 34.5 Å². The zero-order chi connectivity index (χ0) is 48.3. The molecule has 3 unspecified atom stereocenters. The minimum absolute atomic E-state index is 0.0733. The van der Waals surface area contributed by atoms with Crippen LogP contribution in [-0.4, -0.2) is 164 Å². The molecule has 3 aromatic rings. The van der Waals surface area contributed by atoms with Gasteiger partial charge in [0.1, 0.15) is 24.4 Å². The zero-order valence-electron chi connectivity index (χ0n) is 33.8. The van der Waals surface area contributed by atoms with Crippen LogP contribution in [0.25, 0.3) is 12.2 Å². The molecule has 66 heavy (non-hydrogen) atoms. The molecule has 0 saturated carbocycles. The molecule has 6 rings (SSSR count). The Bertz CT molecular complexity index is 2480. The Labute approximate surface area is 370 Å². The van der Waals surface area contributed by atoms with Crippen LogP contribution in [0.15, 0.2) is 72.0 Å². The number of carbonyl (C=O) groups excluding carboxylic acids is 3. The van der Waals surface area contributed by atoms with Crippen LogP contribution < -0.4 is 0 Å². The van der Waals surface area contributed by atoms with Crippen molar-refractivity contribution in [1.29, 1.82) is 0 Å². The molecular weight excluding hydrogens is 884 g/mol. The molecule has 3 aromatic carbocycles. The number of aromatic hydroxyl groups is 6. The molecule has 0 amide bonds. The fourth-order valence-corrected chi connectivity index (χ4v) is 7.58. The summed E-state index contributed by atoms with van der Waals surface area (Å²) in [5.41, 5.74) is -0.879. The first-order valence-corrected chi connectivity index (χ1v) is 19.6. The summed E-state index contributed by atoms with van der Waals surface area (Å²) in [5, 5.41) is 134. The van der Waals surface area contributed by atoms with E-state index in [1.807, 2.05) is 0 Å². The lowest BCUT2D eigenvalue weighted by Crippen LogP contribution is -2.58. The van der Waals surface area contributed by atoms with Crippen molar-refractivity contribution in [2.75, 3.05) is 13.2 Å². The third kappa shape index (κ3) is 10.3. The van der Waals surface area contributed by atoms with Gasteiger partial charge in [-0.2, -0.15) is 0 Å². The van der Waals surface area contributed by atoms with Crippen LogP contribution >= 0.6 is 0 Å². The van der Waals surface area contributed by atoms with Gasteiger partial charge in [0.2, 0.25) is 5.76 Å². The number of aliphatic hydroxyl groups is 5. The molecule has 2 heterocycles. The molecule has 0 aromatic heterocycles. The minimum atomic E-state index is -2.10. The molecule has 0 radical (unpaired) electrons. The van der Waals surface area contributed by atoms with Crippen molar-refractivity contribution in [1.82, 2.24) is 0 Å². The zero-order valence-corrected chi connectivity index (χ0v) is 33.8. The van der Waals surface area contributed by atoms with Crippen molar-refractivity contribution >= 4 is 42.0 Å². The van der Waals surface area contributed by atoms with Gasteiger partial charge >= 0.3 is 29.8 Å². The monoisotopic (exact) mass is 926 g/mol. The number of benzene rings is 3. The maximum atomic E-state index is 15.0. The van der Waals surface area contributed by atoms with E-state index in [1.165, 1.54) is 12.1 Å². The molecule has 13 N–H and O–H groups in total. The Hall–Kier alpha value is -7.41. The first-order chi connectivity index (χ1) is 31.2. The molecule has 0 bridgehead atoms. The number of ether oxygens (including phenoxy) is 5. The van der Waals surface area contributed by atoms with Crippen LogP contribution in [-0.2, 0) is 47.7 Å². The van der Waals surface area contributed by atoms with Crippen LogP contribution in [0.1, 0.15) is 34.6 Å². The number of esters is 3. The van der Waals surface area contributed by atoms with Gasteiger partial charge in [-0.25, -0.2) is 14.4 Å². The second kappa shape index (κ2) is 19.8. The van der Waals surface area contributed by atoms with Crippen LogP contribution in [0, 0.1) is 5.92 Å². The molecule has 0 spiro atoms. The van der Waals surface area contributed by atoms with Crippen LogP contribution in [0.2, 0.25) is 0 Å². The van der Waals surface area contributed by atoms with Gasteiger partial charge in [0.05, 0.1) is 37.2 Å². The van der Waals surface area contributed by atoms with E-state index >= 15 is 0 Å². The summed E-state index contributed by atoms with van der Waals surface area (Å²) >= 11 is 0. The Kier molecular flexibility index (Phi) is 14.4. The fraction of sp³-hybridized carbons (Fsp3) is 0.326. The Morgan fingerprint density at radius 3 is 2.05 bits per heavy atom. The number of hydrogen-bond acceptors (Lipinski definition) is 21. The van der Waals surface area contributed by atoms with Gasteiger partial charge in [-0.15, -0.1) is 0 Å². The molecular formula is C43H42O23. The number of carbonyl (C=O) groups is 5. The van der Waals surface area contributed by atoms with E-state index in [0.29, 0.717) is 6.08 Å². The number of fused-ring (bicyclic) bond motifs is 1. The van der Waals surface area contributed by atoms with Gasteiger partial charge in [-0.3, -0.25) is 9.59 Å². The standard InChI is InChI=1S/C43H42O23/c44-14-28(52)38-39(65-33(56)6-2-16-1-4-21(45)23(47)7-16)30(13-31(63-38)41(58)59)64-43(61)35-20(42(60)66-40-36(57)29(53)15-62-37(40)27(51)12-32(54)55)8-18-10-25(49)26(50)11-19(18)34(35)17-3-5-22(46)24(48)9-17/h1-11,13,27-30,34-40,44-53,57H,12,14-15H2,(H,54,55)(H,58,59)/b6-2+/t27?,28?,29-,30+,34+,35?,36-,37-,38+,39+,40+/m0/s1. The largest absolute Gasteiger partial charge is 0.504 e. The van der Waals surface area contributed by atoms with Gasteiger partial charge in [-0.1, -0.05) is 12.1 Å². The summed E-state index contributed by atoms with van der Waals surface area (Å²) in [5.74, 6) is -16.4. The molecule has 2 aliphatic heterocycles. The normalized spacial score (nSPS) is 25.8. The minimum Gasteiger partial charge on any atom is -0.504 e. The number of aliphatic hydroxyl groups excluding tert-OH is 5. The molecule has 23 heteroatoms. The highest BCUT2D eigenvalue weighted by Crippen LogP contribution is 2.48. The van der Waals surface area contributed by atoms with Crippen molar-refractivity contribution in [2.24, 2.45) is 5.92 Å². The summed E-state index contributed by atoms with van der Waals surface area (Å²) in [6, 6.07) is 8.50. The van der Waals surface area contributed by atoms with Gasteiger partial charge in [0.25, 0.3) is 0 Å². The van der Waals surface area contributed by atoms with Crippen molar-refractivity contribution in [2.45, 2.75) is 67.3 Å². The molecule has 1 fully saturated rings. The highest BCUT2D eigenvalue weighted by atomic mass is 16.6. The third-order valence-corrected chi connectivity index (χ3v) is 10.8. The summed E-state index contributed by atoms with van der Waals surface area (Å²) < 4.78 is 27.6. The summed E-state index contributed by atoms with van der Waals surface area (Å²) in [6.07, 6.45) is -15.2. The van der Waals surface area contributed by atoms with Crippen molar-refractivity contribution in [3.63, 3.8) is 0 Å². The van der Waals surface area contributed by atoms with Crippen molar-refractivity contribution < 1.29 is 114 Å². The second-order valence-corrected chi connectivity index (χ2v) is 15.2. The topological polar surface area (TPSA) is 394 Å². The third-order valence-electron chi connectivity index (χ3n) is 10.8. The lowest BCUT2D eigenvalue weighted by molar-refractivity contribution is -0.224. The first-order valence-electron chi connectivity index (χ1n) is 19.6. The highest BCUT2D eigenvalue weighted by molar-refractivity contribution is 6.02. The average molecular weight is 927 g/mol. The highest BCUT2D eigenvalue weighted by Gasteiger charge is 2.51. The quantitative estimate of drug-likeness (QED) is 0.0407. The summed E-state index contributed by atoms with van der Waals surface area (Å²) in [6.45, 7) is -1.79. The van der Waals surface area contributed by atoms with E-state index in [1.54, 1.807) is 0 Å². The van der Waals surface area contributed by atoms with Gasteiger partial charge in [0, 0.05) is 18.1 Å². The number of carboxylic acid groups (broad SMARTS) is 2. The first kappa shape index (κ1) is 48.1. The van der Waals surface area contributed by atoms with E-state index in [9.17, 15) is 90.4 Å².